The molecule has 0 fully saturated rings. The van der Waals surface area contributed by atoms with Gasteiger partial charge in [-0.05, 0) is 40.0 Å². The summed E-state index contributed by atoms with van der Waals surface area (Å²) in [5.41, 5.74) is 5.22. The lowest BCUT2D eigenvalue weighted by Crippen LogP contribution is -2.43. The number of nitrogens with two attached hydrogens (primary N) is 1. The Morgan fingerprint density at radius 1 is 1.56 bits per heavy atom. The number of furan rings is 1. The molecular formula is C12H22N2O2. The zero-order chi connectivity index (χ0) is 12.3. The van der Waals surface area contributed by atoms with Crippen molar-refractivity contribution >= 4 is 0 Å². The number of hydrogen-bond donors (Lipinski definition) is 2. The van der Waals surface area contributed by atoms with E-state index in [1.807, 2.05) is 31.0 Å². The van der Waals surface area contributed by atoms with Crippen molar-refractivity contribution in [2.24, 2.45) is 5.73 Å². The van der Waals surface area contributed by atoms with Crippen molar-refractivity contribution in [1.29, 1.82) is 0 Å². The van der Waals surface area contributed by atoms with Crippen LogP contribution < -0.4 is 5.73 Å². The van der Waals surface area contributed by atoms with Crippen LogP contribution in [0.2, 0.25) is 0 Å². The Bertz CT molecular complexity index is 301. The fraction of sp³-hybridized carbons (Fsp3) is 0.667. The van der Waals surface area contributed by atoms with Crippen LogP contribution in [0.5, 0.6) is 0 Å². The molecule has 0 saturated heterocycles. The van der Waals surface area contributed by atoms with Crippen LogP contribution in [0.3, 0.4) is 0 Å². The molecule has 0 aliphatic rings. The maximum atomic E-state index is 9.80. The molecule has 1 aromatic rings. The maximum Gasteiger partial charge on any atom is 0.122 e. The Hall–Kier alpha value is -0.840. The van der Waals surface area contributed by atoms with Crippen LogP contribution in [0.4, 0.5) is 0 Å². The molecule has 2 atom stereocenters. The van der Waals surface area contributed by atoms with Gasteiger partial charge in [-0.25, -0.2) is 0 Å². The van der Waals surface area contributed by atoms with Crippen molar-refractivity contribution in [3.8, 4) is 0 Å². The third-order valence-electron chi connectivity index (χ3n) is 2.44. The topological polar surface area (TPSA) is 62.6 Å². The van der Waals surface area contributed by atoms with Crippen LogP contribution in [-0.2, 0) is 0 Å². The summed E-state index contributed by atoms with van der Waals surface area (Å²) < 4.78 is 5.39. The summed E-state index contributed by atoms with van der Waals surface area (Å²) in [5, 5.41) is 9.80. The number of likely N-dealkylation sites (N-methyl/N-ethyl adjacent to an activating group) is 1. The molecule has 0 radical (unpaired) electrons. The average molecular weight is 226 g/mol. The minimum Gasteiger partial charge on any atom is -0.468 e. The predicted molar refractivity (Wildman–Crippen MR) is 64.0 cm³/mol. The zero-order valence-electron chi connectivity index (χ0n) is 10.5. The molecule has 0 aliphatic heterocycles. The summed E-state index contributed by atoms with van der Waals surface area (Å²) in [6.07, 6.45) is 1.64. The number of hydrogen-bond acceptors (Lipinski definition) is 4. The highest BCUT2D eigenvalue weighted by atomic mass is 16.3. The lowest BCUT2D eigenvalue weighted by atomic mass is 10.0. The molecule has 1 rings (SSSR count). The van der Waals surface area contributed by atoms with Gasteiger partial charge in [0.05, 0.1) is 17.9 Å². The molecule has 1 aromatic heterocycles. The Morgan fingerprint density at radius 3 is 2.56 bits per heavy atom. The molecule has 3 N–H and O–H groups in total. The van der Waals surface area contributed by atoms with E-state index < -0.39 is 5.60 Å². The van der Waals surface area contributed by atoms with Crippen LogP contribution in [0.25, 0.3) is 0 Å². The van der Waals surface area contributed by atoms with Crippen molar-refractivity contribution in [1.82, 2.24) is 4.90 Å². The quantitative estimate of drug-likeness (QED) is 0.796. The summed E-state index contributed by atoms with van der Waals surface area (Å²) >= 11 is 0. The smallest absolute Gasteiger partial charge is 0.122 e. The summed E-state index contributed by atoms with van der Waals surface area (Å²) in [5.74, 6) is 0.835. The molecule has 0 aliphatic carbocycles. The van der Waals surface area contributed by atoms with E-state index in [4.69, 9.17) is 10.2 Å². The minimum absolute atomic E-state index is 0.0126. The first kappa shape index (κ1) is 13.2. The van der Waals surface area contributed by atoms with Gasteiger partial charge in [0.1, 0.15) is 5.76 Å². The van der Waals surface area contributed by atoms with Crippen molar-refractivity contribution in [2.75, 3.05) is 13.6 Å². The average Bonchev–Trinajstić information content (AvgIpc) is 2.52. The molecule has 0 saturated carbocycles. The van der Waals surface area contributed by atoms with Crippen molar-refractivity contribution < 1.29 is 9.52 Å². The van der Waals surface area contributed by atoms with Crippen LogP contribution in [-0.4, -0.2) is 35.2 Å². The number of rotatable bonds is 5. The van der Waals surface area contributed by atoms with Crippen LogP contribution in [0.15, 0.2) is 22.8 Å². The highest BCUT2D eigenvalue weighted by Gasteiger charge is 2.27. The van der Waals surface area contributed by atoms with Gasteiger partial charge in [0.15, 0.2) is 0 Å². The van der Waals surface area contributed by atoms with E-state index >= 15 is 0 Å². The van der Waals surface area contributed by atoms with Gasteiger partial charge >= 0.3 is 0 Å². The standard InChI is InChI=1S/C12H22N2O2/c1-9(13)11(10-6-5-7-16-10)14(4)8-12(2,3)15/h5-7,9,11,15H,8,13H2,1-4H3. The Morgan fingerprint density at radius 2 is 2.19 bits per heavy atom. The van der Waals surface area contributed by atoms with Crippen LogP contribution in [0, 0.1) is 0 Å². The minimum atomic E-state index is -0.742. The third kappa shape index (κ3) is 3.63. The van der Waals surface area contributed by atoms with Crippen molar-refractivity contribution in [2.45, 2.75) is 38.5 Å². The van der Waals surface area contributed by atoms with Gasteiger partial charge in [-0.15, -0.1) is 0 Å². The van der Waals surface area contributed by atoms with Gasteiger partial charge in [0.25, 0.3) is 0 Å². The second-order valence-corrected chi connectivity index (χ2v) is 5.05. The summed E-state index contributed by atoms with van der Waals surface area (Å²) in [6, 6.07) is 3.69. The highest BCUT2D eigenvalue weighted by Crippen LogP contribution is 2.24. The van der Waals surface area contributed by atoms with E-state index in [-0.39, 0.29) is 12.1 Å². The van der Waals surface area contributed by atoms with Gasteiger partial charge in [0.2, 0.25) is 0 Å². The fourth-order valence-corrected chi connectivity index (χ4v) is 2.05. The lowest BCUT2D eigenvalue weighted by Gasteiger charge is -2.33. The molecule has 1 heterocycles. The van der Waals surface area contributed by atoms with Crippen LogP contribution >= 0.6 is 0 Å². The second kappa shape index (κ2) is 4.99. The lowest BCUT2D eigenvalue weighted by molar-refractivity contribution is 0.0243. The van der Waals surface area contributed by atoms with E-state index in [1.54, 1.807) is 20.1 Å². The van der Waals surface area contributed by atoms with E-state index in [2.05, 4.69) is 0 Å². The molecule has 4 nitrogen and oxygen atoms in total. The van der Waals surface area contributed by atoms with Crippen molar-refractivity contribution in [3.05, 3.63) is 24.2 Å². The Kier molecular flexibility index (Phi) is 4.13. The highest BCUT2D eigenvalue weighted by molar-refractivity contribution is 5.07. The predicted octanol–water partition coefficient (Wildman–Crippen LogP) is 1.37. The maximum absolute atomic E-state index is 9.80. The zero-order valence-corrected chi connectivity index (χ0v) is 10.5. The molecule has 4 heteroatoms. The normalized spacial score (nSPS) is 16.4. The molecule has 0 bridgehead atoms. The van der Waals surface area contributed by atoms with E-state index in [9.17, 15) is 5.11 Å². The SMILES string of the molecule is CC(N)C(c1ccco1)N(C)CC(C)(C)O. The first-order valence-corrected chi connectivity index (χ1v) is 5.53. The van der Waals surface area contributed by atoms with Gasteiger partial charge in [0, 0.05) is 12.6 Å². The molecule has 16 heavy (non-hydrogen) atoms. The number of nitrogens with zero attached hydrogens (tertiary/aromatic N) is 1. The van der Waals surface area contributed by atoms with Crippen LogP contribution in [0.1, 0.15) is 32.6 Å². The first-order valence-electron chi connectivity index (χ1n) is 5.53. The third-order valence-corrected chi connectivity index (χ3v) is 2.44. The van der Waals surface area contributed by atoms with Gasteiger partial charge < -0.3 is 15.3 Å². The molecule has 0 spiro atoms. The molecule has 0 aromatic carbocycles. The van der Waals surface area contributed by atoms with E-state index in [0.717, 1.165) is 5.76 Å². The molecule has 2 unspecified atom stereocenters. The van der Waals surface area contributed by atoms with Gasteiger partial charge in [-0.3, -0.25) is 4.90 Å². The molecular weight excluding hydrogens is 204 g/mol. The first-order chi connectivity index (χ1) is 7.31. The van der Waals surface area contributed by atoms with E-state index in [1.165, 1.54) is 0 Å². The molecule has 0 amide bonds. The number of aliphatic hydroxyl groups is 1. The van der Waals surface area contributed by atoms with Gasteiger partial charge in [-0.1, -0.05) is 0 Å². The largest absolute Gasteiger partial charge is 0.468 e. The monoisotopic (exact) mass is 226 g/mol. The Balaban J connectivity index is 2.79. The second-order valence-electron chi connectivity index (χ2n) is 5.05. The van der Waals surface area contributed by atoms with E-state index in [0.29, 0.717) is 6.54 Å². The molecule has 92 valence electrons. The Labute approximate surface area is 97.0 Å². The summed E-state index contributed by atoms with van der Waals surface area (Å²) in [4.78, 5) is 2.02. The summed E-state index contributed by atoms with van der Waals surface area (Å²) in [6.45, 7) is 6.04. The van der Waals surface area contributed by atoms with Gasteiger partial charge in [-0.2, -0.15) is 0 Å². The summed E-state index contributed by atoms with van der Waals surface area (Å²) in [7, 11) is 1.94. The van der Waals surface area contributed by atoms with Crippen molar-refractivity contribution in [3.63, 3.8) is 0 Å². The fourth-order valence-electron chi connectivity index (χ4n) is 2.05.